The quantitative estimate of drug-likeness (QED) is 0.482. The molecule has 0 aromatic heterocycles. The van der Waals surface area contributed by atoms with Crippen LogP contribution in [-0.2, 0) is 14.0 Å². The second kappa shape index (κ2) is 8.12. The number of rotatable bonds is 8. The van der Waals surface area contributed by atoms with E-state index in [0.717, 1.165) is 39.1 Å². The molecule has 0 bridgehead atoms. The summed E-state index contributed by atoms with van der Waals surface area (Å²) in [6.07, 6.45) is 7.01. The molecule has 1 saturated heterocycles. The second-order valence-corrected chi connectivity index (χ2v) is 5.09. The van der Waals surface area contributed by atoms with Crippen molar-refractivity contribution >= 4 is 7.32 Å². The lowest BCUT2D eigenvalue weighted by Gasteiger charge is -2.38. The van der Waals surface area contributed by atoms with Crippen molar-refractivity contribution in [3.63, 3.8) is 0 Å². The van der Waals surface area contributed by atoms with Gasteiger partial charge in [-0.25, -0.2) is 0 Å². The van der Waals surface area contributed by atoms with E-state index in [4.69, 9.17) is 14.0 Å². The molecule has 1 rings (SSSR count). The molecule has 0 saturated carbocycles. The molecule has 0 atom stereocenters. The van der Waals surface area contributed by atoms with E-state index in [2.05, 4.69) is 20.8 Å². The summed E-state index contributed by atoms with van der Waals surface area (Å²) in [7, 11) is -0.428. The van der Waals surface area contributed by atoms with Gasteiger partial charge in [0.05, 0.1) is 0 Å². The highest BCUT2D eigenvalue weighted by Crippen LogP contribution is 2.33. The first kappa shape index (κ1) is 15.0. The van der Waals surface area contributed by atoms with Gasteiger partial charge in [0.15, 0.2) is 0 Å². The summed E-state index contributed by atoms with van der Waals surface area (Å²) in [5.74, 6) is 0. The smallest absolute Gasteiger partial charge is 0.386 e. The molecule has 4 heteroatoms. The summed E-state index contributed by atoms with van der Waals surface area (Å²) in [5.41, 5.74) is 0.223. The van der Waals surface area contributed by atoms with Crippen LogP contribution in [0.3, 0.4) is 0 Å². The van der Waals surface area contributed by atoms with E-state index in [9.17, 15) is 0 Å². The standard InChI is InChI=1S/C13H27BO3/c1-4-7-9-13(6-3)11-16-14(17-12-13)15-10-8-5-2/h4-12H2,1-3H3. The van der Waals surface area contributed by atoms with Gasteiger partial charge in [-0.3, -0.25) is 0 Å². The first-order chi connectivity index (χ1) is 8.26. The highest BCUT2D eigenvalue weighted by Gasteiger charge is 2.38. The Hall–Kier alpha value is -0.0551. The molecule has 0 unspecified atom stereocenters. The van der Waals surface area contributed by atoms with E-state index in [1.807, 2.05) is 0 Å². The average molecular weight is 242 g/mol. The van der Waals surface area contributed by atoms with E-state index in [-0.39, 0.29) is 5.41 Å². The summed E-state index contributed by atoms with van der Waals surface area (Å²) < 4.78 is 16.9. The van der Waals surface area contributed by atoms with Gasteiger partial charge in [0.1, 0.15) is 0 Å². The summed E-state index contributed by atoms with van der Waals surface area (Å²) >= 11 is 0. The molecule has 3 nitrogen and oxygen atoms in total. The monoisotopic (exact) mass is 242 g/mol. The van der Waals surface area contributed by atoms with Gasteiger partial charge in [0.25, 0.3) is 0 Å². The predicted octanol–water partition coefficient (Wildman–Crippen LogP) is 3.42. The maximum Gasteiger partial charge on any atom is 0.639 e. The van der Waals surface area contributed by atoms with Crippen LogP contribution in [0.1, 0.15) is 59.3 Å². The lowest BCUT2D eigenvalue weighted by molar-refractivity contribution is -0.0431. The zero-order valence-electron chi connectivity index (χ0n) is 11.7. The third-order valence-corrected chi connectivity index (χ3v) is 3.61. The molecule has 0 amide bonds. The molecular weight excluding hydrogens is 215 g/mol. The van der Waals surface area contributed by atoms with Gasteiger partial charge >= 0.3 is 7.32 Å². The normalized spacial score (nSPS) is 19.6. The van der Waals surface area contributed by atoms with E-state index in [1.165, 1.54) is 19.3 Å². The summed E-state index contributed by atoms with van der Waals surface area (Å²) in [5, 5.41) is 0. The predicted molar refractivity (Wildman–Crippen MR) is 70.8 cm³/mol. The first-order valence-electron chi connectivity index (χ1n) is 7.11. The Kier molecular flexibility index (Phi) is 7.16. The molecule has 0 N–H and O–H groups in total. The Morgan fingerprint density at radius 2 is 1.71 bits per heavy atom. The van der Waals surface area contributed by atoms with Crippen LogP contribution in [0, 0.1) is 5.41 Å². The molecule has 1 heterocycles. The molecule has 0 aromatic rings. The average Bonchev–Trinajstić information content (AvgIpc) is 2.38. The first-order valence-corrected chi connectivity index (χ1v) is 7.11. The fourth-order valence-corrected chi connectivity index (χ4v) is 2.08. The lowest BCUT2D eigenvalue weighted by atomic mass is 9.80. The zero-order chi connectivity index (χ0) is 12.6. The molecule has 1 aliphatic heterocycles. The van der Waals surface area contributed by atoms with Gasteiger partial charge in [-0.2, -0.15) is 0 Å². The Labute approximate surface area is 106 Å². The summed E-state index contributed by atoms with van der Waals surface area (Å²) in [6.45, 7) is 8.89. The minimum absolute atomic E-state index is 0.223. The Morgan fingerprint density at radius 3 is 2.24 bits per heavy atom. The third-order valence-electron chi connectivity index (χ3n) is 3.61. The van der Waals surface area contributed by atoms with Gasteiger partial charge in [0, 0.05) is 25.2 Å². The van der Waals surface area contributed by atoms with Crippen LogP contribution in [0.4, 0.5) is 0 Å². The molecule has 1 aliphatic rings. The van der Waals surface area contributed by atoms with Crippen LogP contribution >= 0.6 is 0 Å². The maximum atomic E-state index is 5.68. The Bertz CT molecular complexity index is 191. The van der Waals surface area contributed by atoms with Crippen LogP contribution < -0.4 is 0 Å². The van der Waals surface area contributed by atoms with Crippen LogP contribution in [0.15, 0.2) is 0 Å². The van der Waals surface area contributed by atoms with Gasteiger partial charge in [-0.05, 0) is 19.3 Å². The van der Waals surface area contributed by atoms with Crippen molar-refractivity contribution in [2.45, 2.75) is 59.3 Å². The Morgan fingerprint density at radius 1 is 1.06 bits per heavy atom. The molecule has 1 fully saturated rings. The highest BCUT2D eigenvalue weighted by atomic mass is 16.7. The largest absolute Gasteiger partial charge is 0.639 e. The highest BCUT2D eigenvalue weighted by molar-refractivity contribution is 6.36. The molecule has 0 aliphatic carbocycles. The maximum absolute atomic E-state index is 5.68. The number of hydrogen-bond acceptors (Lipinski definition) is 3. The third kappa shape index (κ3) is 4.98. The summed E-state index contributed by atoms with van der Waals surface area (Å²) in [4.78, 5) is 0. The van der Waals surface area contributed by atoms with Gasteiger partial charge in [0.2, 0.25) is 0 Å². The van der Waals surface area contributed by atoms with Crippen LogP contribution in [0.25, 0.3) is 0 Å². The van der Waals surface area contributed by atoms with Crippen molar-refractivity contribution in [1.82, 2.24) is 0 Å². The lowest BCUT2D eigenvalue weighted by Crippen LogP contribution is -2.45. The molecule has 0 aromatic carbocycles. The van der Waals surface area contributed by atoms with Crippen molar-refractivity contribution in [3.05, 3.63) is 0 Å². The van der Waals surface area contributed by atoms with E-state index >= 15 is 0 Å². The minimum Gasteiger partial charge on any atom is -0.386 e. The zero-order valence-corrected chi connectivity index (χ0v) is 11.7. The van der Waals surface area contributed by atoms with Gasteiger partial charge < -0.3 is 14.0 Å². The van der Waals surface area contributed by atoms with Crippen molar-refractivity contribution in [2.24, 2.45) is 5.41 Å². The topological polar surface area (TPSA) is 27.7 Å². The van der Waals surface area contributed by atoms with E-state index in [0.29, 0.717) is 0 Å². The van der Waals surface area contributed by atoms with Crippen molar-refractivity contribution in [3.8, 4) is 0 Å². The number of hydrogen-bond donors (Lipinski definition) is 0. The molecular formula is C13H27BO3. The van der Waals surface area contributed by atoms with Gasteiger partial charge in [-0.15, -0.1) is 0 Å². The molecule has 0 spiro atoms. The van der Waals surface area contributed by atoms with Crippen LogP contribution in [0.5, 0.6) is 0 Å². The summed E-state index contributed by atoms with van der Waals surface area (Å²) in [6, 6.07) is 0. The SMILES string of the molecule is CCCCOB1OCC(CC)(CCCC)CO1. The Balaban J connectivity index is 2.26. The number of unbranched alkanes of at least 4 members (excludes halogenated alkanes) is 2. The van der Waals surface area contributed by atoms with E-state index < -0.39 is 7.32 Å². The van der Waals surface area contributed by atoms with Gasteiger partial charge in [-0.1, -0.05) is 40.0 Å². The van der Waals surface area contributed by atoms with Crippen LogP contribution in [-0.4, -0.2) is 27.1 Å². The fourth-order valence-electron chi connectivity index (χ4n) is 2.08. The second-order valence-electron chi connectivity index (χ2n) is 5.09. The van der Waals surface area contributed by atoms with Crippen LogP contribution in [0.2, 0.25) is 0 Å². The molecule has 100 valence electrons. The molecule has 0 radical (unpaired) electrons. The van der Waals surface area contributed by atoms with Crippen molar-refractivity contribution < 1.29 is 14.0 Å². The van der Waals surface area contributed by atoms with Crippen molar-refractivity contribution in [2.75, 3.05) is 19.8 Å². The van der Waals surface area contributed by atoms with E-state index in [1.54, 1.807) is 0 Å². The fraction of sp³-hybridized carbons (Fsp3) is 1.00. The van der Waals surface area contributed by atoms with Crippen molar-refractivity contribution in [1.29, 1.82) is 0 Å². The minimum atomic E-state index is -0.428. The molecule has 17 heavy (non-hydrogen) atoms.